The second-order valence-corrected chi connectivity index (χ2v) is 22.1. The van der Waals surface area contributed by atoms with Crippen LogP contribution in [0.25, 0.3) is 0 Å². The Bertz CT molecular complexity index is 1050. The van der Waals surface area contributed by atoms with E-state index in [1.165, 1.54) is 231 Å². The van der Waals surface area contributed by atoms with Gasteiger partial charge in [0.05, 0.1) is 39.9 Å². The number of phosphoric acid groups is 1. The van der Waals surface area contributed by atoms with Crippen LogP contribution in [0.2, 0.25) is 0 Å². The molecule has 0 aliphatic carbocycles. The van der Waals surface area contributed by atoms with Gasteiger partial charge in [-0.1, -0.05) is 270 Å². The van der Waals surface area contributed by atoms with Crippen molar-refractivity contribution in [2.24, 2.45) is 0 Å². The van der Waals surface area contributed by atoms with E-state index in [0.717, 1.165) is 32.1 Å². The van der Waals surface area contributed by atoms with Crippen LogP contribution in [0.3, 0.4) is 0 Å². The number of aliphatic hydroxyl groups excluding tert-OH is 1. The Kier molecular flexibility index (Phi) is 46.8. The highest BCUT2D eigenvalue weighted by Gasteiger charge is 2.27. The highest BCUT2D eigenvalue weighted by molar-refractivity contribution is 7.47. The number of hydrogen-bond donors (Lipinski definition) is 3. The molecule has 8 nitrogen and oxygen atoms in total. The molecule has 0 rings (SSSR count). The van der Waals surface area contributed by atoms with Gasteiger partial charge in [0, 0.05) is 6.42 Å². The summed E-state index contributed by atoms with van der Waals surface area (Å²) in [7, 11) is 1.59. The first-order valence-electron chi connectivity index (χ1n) is 28.1. The zero-order valence-corrected chi connectivity index (χ0v) is 44.4. The molecule has 0 saturated heterocycles. The molecule has 3 N–H and O–H groups in total. The van der Waals surface area contributed by atoms with E-state index in [1.54, 1.807) is 6.08 Å². The number of carbonyl (C=O) groups excluding carboxylic acids is 1. The molecule has 0 heterocycles. The van der Waals surface area contributed by atoms with E-state index in [9.17, 15) is 19.4 Å². The summed E-state index contributed by atoms with van der Waals surface area (Å²) in [5, 5.41) is 13.9. The number of carbonyl (C=O) groups is 1. The second-order valence-electron chi connectivity index (χ2n) is 20.7. The van der Waals surface area contributed by atoms with Gasteiger partial charge in [0.2, 0.25) is 5.91 Å². The molecule has 0 aromatic heterocycles. The van der Waals surface area contributed by atoms with Gasteiger partial charge < -0.3 is 19.8 Å². The van der Waals surface area contributed by atoms with E-state index in [-0.39, 0.29) is 19.1 Å². The van der Waals surface area contributed by atoms with Crippen LogP contribution in [0.1, 0.15) is 284 Å². The fraction of sp³-hybridized carbons (Fsp3) is 0.945. The quantitative estimate of drug-likeness (QED) is 0.0243. The average molecular weight is 928 g/mol. The van der Waals surface area contributed by atoms with Crippen LogP contribution in [0.15, 0.2) is 12.2 Å². The zero-order valence-electron chi connectivity index (χ0n) is 43.6. The number of likely N-dealkylation sites (N-methyl/N-ethyl adjacent to an activating group) is 1. The Morgan fingerprint density at radius 2 is 0.828 bits per heavy atom. The largest absolute Gasteiger partial charge is 0.472 e. The van der Waals surface area contributed by atoms with Crippen LogP contribution in [-0.4, -0.2) is 73.4 Å². The van der Waals surface area contributed by atoms with Crippen molar-refractivity contribution in [1.82, 2.24) is 5.32 Å². The van der Waals surface area contributed by atoms with Gasteiger partial charge in [-0.2, -0.15) is 0 Å². The predicted molar refractivity (Wildman–Crippen MR) is 277 cm³/mol. The van der Waals surface area contributed by atoms with E-state index in [1.807, 2.05) is 27.2 Å². The molecule has 9 heteroatoms. The van der Waals surface area contributed by atoms with E-state index in [2.05, 4.69) is 19.2 Å². The molecule has 382 valence electrons. The van der Waals surface area contributed by atoms with Gasteiger partial charge in [-0.05, 0) is 19.3 Å². The summed E-state index contributed by atoms with van der Waals surface area (Å²) in [5.41, 5.74) is 0. The molecule has 1 amide bonds. The van der Waals surface area contributed by atoms with Crippen molar-refractivity contribution in [3.8, 4) is 0 Å². The smallest absolute Gasteiger partial charge is 0.387 e. The Morgan fingerprint density at radius 1 is 0.516 bits per heavy atom. The van der Waals surface area contributed by atoms with Gasteiger partial charge in [0.25, 0.3) is 0 Å². The number of quaternary nitrogens is 1. The maximum absolute atomic E-state index is 13.0. The third kappa shape index (κ3) is 49.2. The maximum atomic E-state index is 13.0. The number of nitrogens with one attached hydrogen (secondary N) is 1. The lowest BCUT2D eigenvalue weighted by molar-refractivity contribution is -0.870. The Hall–Kier alpha value is -0.760. The first-order valence-corrected chi connectivity index (χ1v) is 29.6. The van der Waals surface area contributed by atoms with Gasteiger partial charge in [-0.25, -0.2) is 4.57 Å². The lowest BCUT2D eigenvalue weighted by Gasteiger charge is -2.25. The summed E-state index contributed by atoms with van der Waals surface area (Å²) in [6.07, 6.45) is 57.3. The molecule has 0 bridgehead atoms. The molecular weight excluding hydrogens is 816 g/mol. The summed E-state index contributed by atoms with van der Waals surface area (Å²) < 4.78 is 23.7. The minimum absolute atomic E-state index is 0.0651. The zero-order chi connectivity index (χ0) is 47.1. The average Bonchev–Trinajstić information content (AvgIpc) is 3.25. The molecule has 0 aromatic rings. The van der Waals surface area contributed by atoms with E-state index in [4.69, 9.17) is 9.05 Å². The van der Waals surface area contributed by atoms with Crippen molar-refractivity contribution in [3.63, 3.8) is 0 Å². The van der Waals surface area contributed by atoms with Crippen molar-refractivity contribution < 1.29 is 32.9 Å². The Labute approximate surface area is 399 Å². The first-order chi connectivity index (χ1) is 31.0. The third-order valence-corrected chi connectivity index (χ3v) is 14.0. The van der Waals surface area contributed by atoms with Crippen molar-refractivity contribution in [3.05, 3.63) is 12.2 Å². The molecule has 0 spiro atoms. The van der Waals surface area contributed by atoms with Gasteiger partial charge in [-0.3, -0.25) is 13.8 Å². The molecule has 0 saturated carbocycles. The molecular formula is C55H112N2O6P+. The van der Waals surface area contributed by atoms with Crippen molar-refractivity contribution >= 4 is 13.7 Å². The number of allylic oxidation sites excluding steroid dienone is 1. The predicted octanol–water partition coefficient (Wildman–Crippen LogP) is 16.7. The molecule has 64 heavy (non-hydrogen) atoms. The summed E-state index contributed by atoms with van der Waals surface area (Å²) in [4.78, 5) is 23.3. The molecule has 3 atom stereocenters. The van der Waals surface area contributed by atoms with E-state index >= 15 is 0 Å². The summed E-state index contributed by atoms with van der Waals surface area (Å²) in [6, 6.07) is -0.841. The van der Waals surface area contributed by atoms with Crippen LogP contribution in [0, 0.1) is 0 Å². The van der Waals surface area contributed by atoms with Crippen molar-refractivity contribution in [2.75, 3.05) is 40.9 Å². The molecule has 0 aromatic carbocycles. The highest BCUT2D eigenvalue weighted by atomic mass is 31.2. The van der Waals surface area contributed by atoms with E-state index in [0.29, 0.717) is 17.4 Å². The minimum atomic E-state index is -4.34. The Balaban J connectivity index is 4.20. The second kappa shape index (κ2) is 47.3. The monoisotopic (exact) mass is 928 g/mol. The number of phosphoric ester groups is 1. The van der Waals surface area contributed by atoms with Crippen molar-refractivity contribution in [1.29, 1.82) is 0 Å². The molecule has 0 radical (unpaired) electrons. The normalized spacial score (nSPS) is 14.0. The van der Waals surface area contributed by atoms with Crippen LogP contribution < -0.4 is 5.32 Å². The maximum Gasteiger partial charge on any atom is 0.472 e. The number of hydrogen-bond acceptors (Lipinski definition) is 5. The lowest BCUT2D eigenvalue weighted by Crippen LogP contribution is -2.45. The van der Waals surface area contributed by atoms with Crippen molar-refractivity contribution in [2.45, 2.75) is 296 Å². The van der Waals surface area contributed by atoms with Crippen LogP contribution in [0.5, 0.6) is 0 Å². The SMILES string of the molecule is CCCCCCCCCCCCCCCCCCCCCCCC/C=C/C(O)C(COP(=O)(O)OCC[N+](C)(C)C)NC(=O)CCCCCCCCCCCCCCCCCCCC. The van der Waals surface area contributed by atoms with Crippen LogP contribution >= 0.6 is 7.82 Å². The molecule has 0 fully saturated rings. The number of unbranched alkanes of at least 4 members (excludes halogenated alkanes) is 39. The summed E-state index contributed by atoms with van der Waals surface area (Å²) in [5.74, 6) is -0.171. The lowest BCUT2D eigenvalue weighted by atomic mass is 10.0. The fourth-order valence-electron chi connectivity index (χ4n) is 8.57. The van der Waals surface area contributed by atoms with Gasteiger partial charge in [0.1, 0.15) is 13.2 Å². The van der Waals surface area contributed by atoms with Gasteiger partial charge in [0.15, 0.2) is 0 Å². The summed E-state index contributed by atoms with van der Waals surface area (Å²) >= 11 is 0. The fourth-order valence-corrected chi connectivity index (χ4v) is 9.31. The van der Waals surface area contributed by atoms with Gasteiger partial charge in [-0.15, -0.1) is 0 Å². The van der Waals surface area contributed by atoms with E-state index < -0.39 is 20.0 Å². The molecule has 3 unspecified atom stereocenters. The number of nitrogens with zero attached hydrogens (tertiary/aromatic N) is 1. The number of rotatable bonds is 52. The molecule has 0 aliphatic rings. The number of amides is 1. The third-order valence-electron chi connectivity index (χ3n) is 13.0. The first kappa shape index (κ1) is 63.2. The van der Waals surface area contributed by atoms with Crippen LogP contribution in [0.4, 0.5) is 0 Å². The standard InChI is InChI=1S/C55H111N2O6P/c1-6-8-10-12-14-16-18-20-22-24-26-27-28-29-30-31-32-34-36-38-40-42-44-46-48-54(58)53(52-63-64(60,61)62-51-50-57(3,4)5)56-55(59)49-47-45-43-41-39-37-35-33-25-23-21-19-17-15-13-11-9-7-2/h46,48,53-54,58H,6-45,47,49-52H2,1-5H3,(H-,56,59,60,61)/p+1/b48-46+. The number of aliphatic hydroxyl groups is 1. The van der Waals surface area contributed by atoms with Crippen LogP contribution in [-0.2, 0) is 18.4 Å². The highest BCUT2D eigenvalue weighted by Crippen LogP contribution is 2.43. The van der Waals surface area contributed by atoms with Gasteiger partial charge >= 0.3 is 7.82 Å². The topological polar surface area (TPSA) is 105 Å². The summed E-state index contributed by atoms with van der Waals surface area (Å²) in [6.45, 7) is 4.86. The molecule has 0 aliphatic heterocycles. The Morgan fingerprint density at radius 3 is 1.16 bits per heavy atom. The minimum Gasteiger partial charge on any atom is -0.387 e.